The maximum Gasteiger partial charge on any atom is 0.298 e. The van der Waals surface area contributed by atoms with Crippen LogP contribution in [0.2, 0.25) is 0 Å². The van der Waals surface area contributed by atoms with Gasteiger partial charge in [0, 0.05) is 53.4 Å². The Hall–Kier alpha value is -3.49. The highest BCUT2D eigenvalue weighted by molar-refractivity contribution is 7.91. The standard InChI is InChI=1S/C27H35N9O4S/c1-32(2)26-28-20-6-4-5-7-21(20)36(26)25-30-23-22(24(31-25)34-10-12-39-13-11-34)29-27(33(23)3)40-19-16-35(17-19)18-8-14-41(37,38)15-9-18/h4-7,18-19H,8-17H2,1-3H3. The molecule has 6 heterocycles. The van der Waals surface area contributed by atoms with E-state index >= 15 is 0 Å². The van der Waals surface area contributed by atoms with Crippen molar-refractivity contribution < 1.29 is 17.9 Å². The molecule has 0 spiro atoms. The number of aryl methyl sites for hydroxylation is 1. The molecule has 0 saturated carbocycles. The Kier molecular flexibility index (Phi) is 6.51. The Bertz CT molecular complexity index is 1690. The van der Waals surface area contributed by atoms with Crippen molar-refractivity contribution in [1.29, 1.82) is 0 Å². The van der Waals surface area contributed by atoms with Crippen LogP contribution in [0.4, 0.5) is 11.8 Å². The fourth-order valence-electron chi connectivity index (χ4n) is 5.96. The maximum atomic E-state index is 11.8. The molecule has 3 aliphatic heterocycles. The number of rotatable bonds is 6. The van der Waals surface area contributed by atoms with Crippen LogP contribution in [0.25, 0.3) is 28.1 Å². The van der Waals surface area contributed by atoms with Gasteiger partial charge in [-0.1, -0.05) is 12.1 Å². The van der Waals surface area contributed by atoms with Gasteiger partial charge in [0.05, 0.1) is 35.8 Å². The van der Waals surface area contributed by atoms with E-state index in [0.717, 1.165) is 35.9 Å². The molecule has 218 valence electrons. The quantitative estimate of drug-likeness (QED) is 0.327. The van der Waals surface area contributed by atoms with Crippen LogP contribution in [0, 0.1) is 0 Å². The smallest absolute Gasteiger partial charge is 0.298 e. The van der Waals surface area contributed by atoms with Crippen LogP contribution >= 0.6 is 0 Å². The summed E-state index contributed by atoms with van der Waals surface area (Å²) in [5.74, 6) is 2.56. The predicted molar refractivity (Wildman–Crippen MR) is 156 cm³/mol. The minimum absolute atomic E-state index is 0.0127. The van der Waals surface area contributed by atoms with Crippen molar-refractivity contribution in [2.45, 2.75) is 25.0 Å². The summed E-state index contributed by atoms with van der Waals surface area (Å²) >= 11 is 0. The number of nitrogens with zero attached hydrogens (tertiary/aromatic N) is 9. The first-order chi connectivity index (χ1) is 19.8. The second kappa shape index (κ2) is 10.1. The minimum atomic E-state index is -2.87. The molecule has 0 amide bonds. The maximum absolute atomic E-state index is 11.8. The molecule has 14 heteroatoms. The molecule has 3 fully saturated rings. The molecule has 1 aromatic carbocycles. The van der Waals surface area contributed by atoms with Gasteiger partial charge in [0.1, 0.15) is 15.9 Å². The van der Waals surface area contributed by atoms with E-state index in [1.807, 2.05) is 59.4 Å². The number of hydrogen-bond acceptors (Lipinski definition) is 11. The third kappa shape index (κ3) is 4.77. The van der Waals surface area contributed by atoms with Crippen molar-refractivity contribution in [3.63, 3.8) is 0 Å². The largest absolute Gasteiger partial charge is 0.459 e. The SMILES string of the molecule is CN(C)c1nc2ccccc2n1-c1nc(N2CCOCC2)c2nc(OC3CN(C4CCS(=O)(=O)CC4)C3)n(C)c2n1. The Morgan fingerprint density at radius 2 is 1.73 bits per heavy atom. The summed E-state index contributed by atoms with van der Waals surface area (Å²) in [5.41, 5.74) is 3.17. The summed E-state index contributed by atoms with van der Waals surface area (Å²) in [6.45, 7) is 4.17. The Balaban J connectivity index is 1.23. The summed E-state index contributed by atoms with van der Waals surface area (Å²) in [7, 11) is 2.97. The van der Waals surface area contributed by atoms with Crippen molar-refractivity contribution in [2.75, 3.05) is 74.8 Å². The fourth-order valence-corrected chi connectivity index (χ4v) is 7.43. The summed E-state index contributed by atoms with van der Waals surface area (Å²) in [6.07, 6.45) is 1.38. The summed E-state index contributed by atoms with van der Waals surface area (Å²) in [6, 6.07) is 8.79. The molecule has 41 heavy (non-hydrogen) atoms. The summed E-state index contributed by atoms with van der Waals surface area (Å²) in [5, 5.41) is 0. The molecule has 0 unspecified atom stereocenters. The third-order valence-corrected chi connectivity index (χ3v) is 10.0. The number of hydrogen-bond donors (Lipinski definition) is 0. The monoisotopic (exact) mass is 581 g/mol. The van der Waals surface area contributed by atoms with Crippen LogP contribution in [0.3, 0.4) is 0 Å². The number of anilines is 2. The normalized spacial score (nSPS) is 20.5. The van der Waals surface area contributed by atoms with Gasteiger partial charge in [0.2, 0.25) is 11.9 Å². The van der Waals surface area contributed by atoms with Gasteiger partial charge < -0.3 is 19.3 Å². The van der Waals surface area contributed by atoms with E-state index in [9.17, 15) is 8.42 Å². The molecule has 0 radical (unpaired) electrons. The van der Waals surface area contributed by atoms with E-state index in [2.05, 4.69) is 9.80 Å². The first-order valence-corrected chi connectivity index (χ1v) is 15.9. The van der Waals surface area contributed by atoms with E-state index in [-0.39, 0.29) is 17.6 Å². The van der Waals surface area contributed by atoms with E-state index in [4.69, 9.17) is 29.4 Å². The topological polar surface area (TPSA) is 124 Å². The summed E-state index contributed by atoms with van der Waals surface area (Å²) < 4.78 is 39.5. The highest BCUT2D eigenvalue weighted by Crippen LogP contribution is 2.32. The zero-order valence-corrected chi connectivity index (χ0v) is 24.4. The zero-order valence-electron chi connectivity index (χ0n) is 23.6. The second-order valence-electron chi connectivity index (χ2n) is 11.3. The number of sulfone groups is 1. The molecule has 13 nitrogen and oxygen atoms in total. The molecular formula is C27H35N9O4S. The van der Waals surface area contributed by atoms with Gasteiger partial charge in [0.15, 0.2) is 17.0 Å². The number of benzene rings is 1. The lowest BCUT2D eigenvalue weighted by Gasteiger charge is -2.44. The van der Waals surface area contributed by atoms with Crippen molar-refractivity contribution in [1.82, 2.24) is 34.0 Å². The van der Waals surface area contributed by atoms with Gasteiger partial charge in [-0.2, -0.15) is 15.0 Å². The highest BCUT2D eigenvalue weighted by Gasteiger charge is 2.37. The van der Waals surface area contributed by atoms with Crippen molar-refractivity contribution in [2.24, 2.45) is 7.05 Å². The highest BCUT2D eigenvalue weighted by atomic mass is 32.2. The number of morpholine rings is 1. The fraction of sp³-hybridized carbons (Fsp3) is 0.556. The van der Waals surface area contributed by atoms with Crippen LogP contribution in [0.15, 0.2) is 24.3 Å². The Labute approximate surface area is 238 Å². The average Bonchev–Trinajstić information content (AvgIpc) is 3.49. The van der Waals surface area contributed by atoms with Crippen molar-refractivity contribution in [3.05, 3.63) is 24.3 Å². The molecule has 0 N–H and O–H groups in total. The number of fused-ring (bicyclic) bond motifs is 2. The first kappa shape index (κ1) is 26.4. The zero-order chi connectivity index (χ0) is 28.3. The van der Waals surface area contributed by atoms with Gasteiger partial charge in [-0.25, -0.2) is 18.0 Å². The number of imidazole rings is 2. The molecule has 3 aromatic heterocycles. The van der Waals surface area contributed by atoms with E-state index < -0.39 is 9.84 Å². The van der Waals surface area contributed by atoms with Crippen LogP contribution in [0.1, 0.15) is 12.8 Å². The Morgan fingerprint density at radius 3 is 2.46 bits per heavy atom. The van der Waals surface area contributed by atoms with Gasteiger partial charge in [-0.05, 0) is 25.0 Å². The van der Waals surface area contributed by atoms with Gasteiger partial charge in [0.25, 0.3) is 6.01 Å². The van der Waals surface area contributed by atoms with Crippen LogP contribution in [0.5, 0.6) is 6.01 Å². The van der Waals surface area contributed by atoms with Crippen LogP contribution < -0.4 is 14.5 Å². The van der Waals surface area contributed by atoms with Crippen LogP contribution in [-0.2, 0) is 21.6 Å². The van der Waals surface area contributed by atoms with Crippen molar-refractivity contribution >= 4 is 43.8 Å². The van der Waals surface area contributed by atoms with E-state index in [1.165, 1.54) is 0 Å². The number of aromatic nitrogens is 6. The van der Waals surface area contributed by atoms with Crippen molar-refractivity contribution in [3.8, 4) is 12.0 Å². The first-order valence-electron chi connectivity index (χ1n) is 14.1. The molecule has 0 atom stereocenters. The minimum Gasteiger partial charge on any atom is -0.459 e. The van der Waals surface area contributed by atoms with E-state index in [1.54, 1.807) is 0 Å². The lowest BCUT2D eigenvalue weighted by atomic mass is 10.0. The molecular weight excluding hydrogens is 546 g/mol. The lowest BCUT2D eigenvalue weighted by molar-refractivity contribution is -0.0172. The van der Waals surface area contributed by atoms with Gasteiger partial charge >= 0.3 is 0 Å². The summed E-state index contributed by atoms with van der Waals surface area (Å²) in [4.78, 5) is 26.3. The number of para-hydroxylation sites is 2. The van der Waals surface area contributed by atoms with E-state index in [0.29, 0.717) is 68.3 Å². The second-order valence-corrected chi connectivity index (χ2v) is 13.6. The molecule has 7 rings (SSSR count). The molecule has 4 aromatic rings. The average molecular weight is 582 g/mol. The number of ether oxygens (including phenoxy) is 2. The van der Waals surface area contributed by atoms with Gasteiger partial charge in [-0.3, -0.25) is 9.47 Å². The number of likely N-dealkylation sites (tertiary alicyclic amines) is 1. The van der Waals surface area contributed by atoms with Crippen LogP contribution in [-0.4, -0.2) is 120 Å². The molecule has 0 aliphatic carbocycles. The lowest BCUT2D eigenvalue weighted by Crippen LogP contribution is -2.59. The van der Waals surface area contributed by atoms with Gasteiger partial charge in [-0.15, -0.1) is 0 Å². The molecule has 3 aliphatic rings. The predicted octanol–water partition coefficient (Wildman–Crippen LogP) is 1.25. The Morgan fingerprint density at radius 1 is 1.00 bits per heavy atom. The molecule has 3 saturated heterocycles. The third-order valence-electron chi connectivity index (χ3n) is 8.29. The molecule has 0 bridgehead atoms.